The van der Waals surface area contributed by atoms with Crippen molar-refractivity contribution in [1.29, 1.82) is 0 Å². The molecule has 5 nitrogen and oxygen atoms in total. The number of aryl methyl sites for hydroxylation is 1. The number of amides is 1. The van der Waals surface area contributed by atoms with Gasteiger partial charge in [-0.25, -0.2) is 4.98 Å². The highest BCUT2D eigenvalue weighted by molar-refractivity contribution is 5.97. The van der Waals surface area contributed by atoms with Gasteiger partial charge in [-0.1, -0.05) is 19.4 Å². The topological polar surface area (TPSA) is 81.2 Å². The van der Waals surface area contributed by atoms with Crippen molar-refractivity contribution >= 4 is 24.0 Å². The Hall–Kier alpha value is -1.85. The predicted molar refractivity (Wildman–Crippen MR) is 90.1 cm³/mol. The highest BCUT2D eigenvalue weighted by Crippen LogP contribution is 2.22. The average Bonchev–Trinajstić information content (AvgIpc) is 2.86. The molecule has 2 aromatic rings. The molecular weight excluding hydrogens is 302 g/mol. The van der Waals surface area contributed by atoms with E-state index in [0.29, 0.717) is 18.0 Å². The zero-order valence-electron chi connectivity index (χ0n) is 13.1. The molecule has 1 amide bonds. The van der Waals surface area contributed by atoms with Crippen LogP contribution in [0.2, 0.25) is 0 Å². The quantitative estimate of drug-likeness (QED) is 0.882. The van der Waals surface area contributed by atoms with Gasteiger partial charge in [0.2, 0.25) is 11.8 Å². The van der Waals surface area contributed by atoms with E-state index in [1.54, 1.807) is 13.2 Å². The maximum absolute atomic E-state index is 12.2. The second-order valence-corrected chi connectivity index (χ2v) is 5.50. The summed E-state index contributed by atoms with van der Waals surface area (Å²) >= 11 is 0. The summed E-state index contributed by atoms with van der Waals surface area (Å²) in [7, 11) is 0. The summed E-state index contributed by atoms with van der Waals surface area (Å²) in [5.41, 5.74) is 7.47. The first kappa shape index (κ1) is 18.2. The van der Waals surface area contributed by atoms with Crippen LogP contribution < -0.4 is 11.1 Å². The fourth-order valence-corrected chi connectivity index (χ4v) is 2.12. The van der Waals surface area contributed by atoms with E-state index < -0.39 is 5.54 Å². The maximum Gasteiger partial charge on any atom is 0.244 e. The minimum atomic E-state index is -0.871. The van der Waals surface area contributed by atoms with Crippen molar-refractivity contribution in [3.05, 3.63) is 36.2 Å². The number of hydrogen-bond donors (Lipinski definition) is 2. The average molecular weight is 324 g/mol. The van der Waals surface area contributed by atoms with E-state index in [2.05, 4.69) is 10.3 Å². The molecule has 0 spiro atoms. The summed E-state index contributed by atoms with van der Waals surface area (Å²) in [6.45, 7) is 5.61. The lowest BCUT2D eigenvalue weighted by Crippen LogP contribution is -2.48. The maximum atomic E-state index is 12.2. The van der Waals surface area contributed by atoms with Crippen LogP contribution in [0.4, 0.5) is 5.69 Å². The molecule has 0 aliphatic carbocycles. The molecule has 120 valence electrons. The number of nitrogens with two attached hydrogens (primary N) is 1. The smallest absolute Gasteiger partial charge is 0.244 e. The third-order valence-electron chi connectivity index (χ3n) is 3.27. The molecule has 0 bridgehead atoms. The van der Waals surface area contributed by atoms with Gasteiger partial charge in [0.15, 0.2) is 0 Å². The number of nitrogens with zero attached hydrogens (tertiary/aromatic N) is 1. The Morgan fingerprint density at radius 2 is 2.18 bits per heavy atom. The van der Waals surface area contributed by atoms with Gasteiger partial charge in [0.25, 0.3) is 0 Å². The van der Waals surface area contributed by atoms with Crippen LogP contribution in [-0.2, 0) is 4.79 Å². The molecule has 1 heterocycles. The Bertz CT molecular complexity index is 638. The largest absolute Gasteiger partial charge is 0.444 e. The second kappa shape index (κ2) is 7.42. The molecule has 0 radical (unpaired) electrons. The molecule has 0 saturated carbocycles. The van der Waals surface area contributed by atoms with Gasteiger partial charge >= 0.3 is 0 Å². The number of nitrogens with one attached hydrogen (secondary N) is 1. The van der Waals surface area contributed by atoms with Crippen molar-refractivity contribution in [2.75, 3.05) is 5.32 Å². The molecule has 0 fully saturated rings. The van der Waals surface area contributed by atoms with Crippen LogP contribution in [0, 0.1) is 6.92 Å². The van der Waals surface area contributed by atoms with Gasteiger partial charge in [-0.15, -0.1) is 12.4 Å². The van der Waals surface area contributed by atoms with Crippen molar-refractivity contribution in [1.82, 2.24) is 4.98 Å². The van der Waals surface area contributed by atoms with Crippen LogP contribution in [-0.4, -0.2) is 16.4 Å². The molecule has 0 aliphatic rings. The van der Waals surface area contributed by atoms with E-state index in [1.165, 1.54) is 0 Å². The molecule has 0 saturated heterocycles. The third kappa shape index (κ3) is 4.32. The Morgan fingerprint density at radius 1 is 1.45 bits per heavy atom. The summed E-state index contributed by atoms with van der Waals surface area (Å²) in [6.07, 6.45) is 3.09. The van der Waals surface area contributed by atoms with Gasteiger partial charge in [0.1, 0.15) is 6.26 Å². The van der Waals surface area contributed by atoms with Crippen LogP contribution in [0.3, 0.4) is 0 Å². The molecular formula is C16H22ClN3O2. The number of carbonyl (C=O) groups excluding carboxylic acids is 1. The van der Waals surface area contributed by atoms with Crippen LogP contribution in [0.25, 0.3) is 11.5 Å². The minimum Gasteiger partial charge on any atom is -0.444 e. The molecule has 3 N–H and O–H groups in total. The van der Waals surface area contributed by atoms with E-state index in [1.807, 2.05) is 38.1 Å². The number of oxazole rings is 1. The zero-order chi connectivity index (χ0) is 15.5. The normalized spacial score (nSPS) is 13.1. The molecule has 1 aromatic carbocycles. The Kier molecular flexibility index (Phi) is 6.14. The Morgan fingerprint density at radius 3 is 2.77 bits per heavy atom. The predicted octanol–water partition coefficient (Wildman–Crippen LogP) is 3.53. The fraction of sp³-hybridized carbons (Fsp3) is 0.375. The number of anilines is 1. The van der Waals surface area contributed by atoms with Crippen molar-refractivity contribution in [3.63, 3.8) is 0 Å². The SMILES string of the molecule is CCCC(C)(N)C(=O)Nc1cccc(-c2nc(C)co2)c1.Cl. The van der Waals surface area contributed by atoms with Gasteiger partial charge in [-0.2, -0.15) is 0 Å². The van der Waals surface area contributed by atoms with Gasteiger partial charge in [0.05, 0.1) is 11.2 Å². The highest BCUT2D eigenvalue weighted by atomic mass is 35.5. The van der Waals surface area contributed by atoms with E-state index in [0.717, 1.165) is 17.7 Å². The second-order valence-electron chi connectivity index (χ2n) is 5.50. The summed E-state index contributed by atoms with van der Waals surface area (Å²) in [5.74, 6) is 0.345. The molecule has 1 atom stereocenters. The number of rotatable bonds is 5. The molecule has 1 aromatic heterocycles. The van der Waals surface area contributed by atoms with Crippen molar-refractivity contribution in [2.24, 2.45) is 5.73 Å². The van der Waals surface area contributed by atoms with Crippen LogP contribution in [0.15, 0.2) is 34.9 Å². The lowest BCUT2D eigenvalue weighted by atomic mass is 9.96. The Labute approximate surface area is 136 Å². The first-order chi connectivity index (χ1) is 9.92. The molecule has 6 heteroatoms. The van der Waals surface area contributed by atoms with E-state index in [-0.39, 0.29) is 18.3 Å². The lowest BCUT2D eigenvalue weighted by molar-refractivity contribution is -0.120. The molecule has 22 heavy (non-hydrogen) atoms. The van der Waals surface area contributed by atoms with Crippen molar-refractivity contribution in [3.8, 4) is 11.5 Å². The fourth-order valence-electron chi connectivity index (χ4n) is 2.12. The number of benzene rings is 1. The Balaban J connectivity index is 0.00000242. The standard InChI is InChI=1S/C16H21N3O2.ClH/c1-4-8-16(3,17)15(20)19-13-7-5-6-12(9-13)14-18-11(2)10-21-14;/h5-7,9-10H,4,8,17H2,1-3H3,(H,19,20);1H. The lowest BCUT2D eigenvalue weighted by Gasteiger charge is -2.22. The summed E-state index contributed by atoms with van der Waals surface area (Å²) in [5, 5.41) is 2.85. The van der Waals surface area contributed by atoms with Crippen molar-refractivity contribution in [2.45, 2.75) is 39.2 Å². The van der Waals surface area contributed by atoms with Crippen LogP contribution in [0.5, 0.6) is 0 Å². The number of aromatic nitrogens is 1. The van der Waals surface area contributed by atoms with Crippen molar-refractivity contribution < 1.29 is 9.21 Å². The van der Waals surface area contributed by atoms with Gasteiger partial charge in [-0.3, -0.25) is 4.79 Å². The molecule has 1 unspecified atom stereocenters. The van der Waals surface area contributed by atoms with E-state index in [4.69, 9.17) is 10.2 Å². The van der Waals surface area contributed by atoms with Gasteiger partial charge in [-0.05, 0) is 38.5 Å². The first-order valence-electron chi connectivity index (χ1n) is 7.05. The minimum absolute atomic E-state index is 0. The number of hydrogen-bond acceptors (Lipinski definition) is 4. The monoisotopic (exact) mass is 323 g/mol. The van der Waals surface area contributed by atoms with E-state index >= 15 is 0 Å². The molecule has 2 rings (SSSR count). The van der Waals surface area contributed by atoms with Crippen LogP contribution in [0.1, 0.15) is 32.4 Å². The zero-order valence-corrected chi connectivity index (χ0v) is 13.9. The summed E-state index contributed by atoms with van der Waals surface area (Å²) < 4.78 is 5.37. The van der Waals surface area contributed by atoms with Crippen LogP contribution >= 0.6 is 12.4 Å². The molecule has 0 aliphatic heterocycles. The van der Waals surface area contributed by atoms with Gasteiger partial charge < -0.3 is 15.5 Å². The summed E-state index contributed by atoms with van der Waals surface area (Å²) in [6, 6.07) is 7.37. The van der Waals surface area contributed by atoms with E-state index in [9.17, 15) is 4.79 Å². The third-order valence-corrected chi connectivity index (χ3v) is 3.27. The number of carbonyl (C=O) groups is 1. The van der Waals surface area contributed by atoms with Gasteiger partial charge in [0, 0.05) is 11.3 Å². The number of halogens is 1. The first-order valence-corrected chi connectivity index (χ1v) is 7.05. The summed E-state index contributed by atoms with van der Waals surface area (Å²) in [4.78, 5) is 16.5. The highest BCUT2D eigenvalue weighted by Gasteiger charge is 2.27.